The minimum Gasteiger partial charge on any atom is -0.407 e. The lowest BCUT2D eigenvalue weighted by Crippen LogP contribution is -2.05. The zero-order chi connectivity index (χ0) is 13.0. The van der Waals surface area contributed by atoms with Crippen LogP contribution >= 0.6 is 0 Å². The van der Waals surface area contributed by atoms with Crippen LogP contribution in [0.25, 0.3) is 0 Å². The Morgan fingerprint density at radius 2 is 1.89 bits per heavy atom. The quantitative estimate of drug-likeness (QED) is 0.844. The normalized spacial score (nSPS) is 10.6. The third kappa shape index (κ3) is 3.24. The zero-order valence-corrected chi connectivity index (χ0v) is 9.49. The highest BCUT2D eigenvalue weighted by molar-refractivity contribution is 5.21. The Labute approximate surface area is 102 Å². The molecule has 0 aliphatic heterocycles. The molecule has 96 valence electrons. The van der Waals surface area contributed by atoms with Crippen molar-refractivity contribution in [1.82, 2.24) is 10.2 Å². The van der Waals surface area contributed by atoms with Crippen LogP contribution in [-0.2, 0) is 13.0 Å². The predicted octanol–water partition coefficient (Wildman–Crippen LogP) is 1.46. The van der Waals surface area contributed by atoms with E-state index in [-0.39, 0.29) is 12.6 Å². The number of nitrogens with zero attached hydrogens (tertiary/aromatic N) is 2. The van der Waals surface area contributed by atoms with E-state index in [0.717, 1.165) is 6.07 Å². The fraction of sp³-hybridized carbons (Fsp3) is 0.273. The fourth-order valence-electron chi connectivity index (χ4n) is 1.48. The summed E-state index contributed by atoms with van der Waals surface area (Å²) < 4.78 is 30.9. The van der Waals surface area contributed by atoms with Crippen molar-refractivity contribution in [3.63, 3.8) is 0 Å². The largest absolute Gasteiger partial charge is 0.407 e. The number of halogens is 2. The molecule has 2 rings (SSSR count). The third-order valence-corrected chi connectivity index (χ3v) is 2.25. The molecule has 0 spiro atoms. The van der Waals surface area contributed by atoms with E-state index in [9.17, 15) is 8.78 Å². The average molecular weight is 254 g/mol. The van der Waals surface area contributed by atoms with Gasteiger partial charge in [0, 0.05) is 12.6 Å². The molecular formula is C11H12F2N4O. The molecule has 18 heavy (non-hydrogen) atoms. The molecule has 0 fully saturated rings. The molecule has 0 saturated heterocycles. The summed E-state index contributed by atoms with van der Waals surface area (Å²) in [4.78, 5) is 0. The molecule has 0 radical (unpaired) electrons. The van der Waals surface area contributed by atoms with Gasteiger partial charge < -0.3 is 15.5 Å². The van der Waals surface area contributed by atoms with E-state index in [0.29, 0.717) is 24.4 Å². The van der Waals surface area contributed by atoms with Gasteiger partial charge in [0.15, 0.2) is 0 Å². The number of benzene rings is 1. The van der Waals surface area contributed by atoms with E-state index in [1.54, 1.807) is 0 Å². The van der Waals surface area contributed by atoms with Crippen LogP contribution in [0.3, 0.4) is 0 Å². The summed E-state index contributed by atoms with van der Waals surface area (Å²) in [5.74, 6) is -0.851. The highest BCUT2D eigenvalue weighted by Gasteiger charge is 2.04. The van der Waals surface area contributed by atoms with Crippen molar-refractivity contribution in [2.75, 3.05) is 11.9 Å². The maximum absolute atomic E-state index is 12.9. The van der Waals surface area contributed by atoms with Crippen molar-refractivity contribution in [1.29, 1.82) is 0 Å². The highest BCUT2D eigenvalue weighted by Crippen LogP contribution is 2.09. The topological polar surface area (TPSA) is 77.0 Å². The molecule has 0 aliphatic carbocycles. The minimum absolute atomic E-state index is 0.170. The van der Waals surface area contributed by atoms with Crippen LogP contribution in [0.1, 0.15) is 11.5 Å². The second-order valence-electron chi connectivity index (χ2n) is 3.66. The Morgan fingerprint density at radius 3 is 2.50 bits per heavy atom. The van der Waals surface area contributed by atoms with Crippen molar-refractivity contribution in [3.8, 4) is 0 Å². The monoisotopic (exact) mass is 254 g/mol. The summed E-state index contributed by atoms with van der Waals surface area (Å²) in [6.07, 6.45) is 0.440. The van der Waals surface area contributed by atoms with Crippen LogP contribution in [0.5, 0.6) is 0 Å². The molecular weight excluding hydrogens is 242 g/mol. The summed E-state index contributed by atoms with van der Waals surface area (Å²) in [6, 6.07) is 3.64. The summed E-state index contributed by atoms with van der Waals surface area (Å²) >= 11 is 0. The van der Waals surface area contributed by atoms with Gasteiger partial charge in [0.2, 0.25) is 5.89 Å². The van der Waals surface area contributed by atoms with E-state index in [1.807, 2.05) is 0 Å². The Balaban J connectivity index is 1.88. The van der Waals surface area contributed by atoms with Crippen molar-refractivity contribution in [2.24, 2.45) is 5.73 Å². The van der Waals surface area contributed by atoms with Crippen LogP contribution in [0, 0.1) is 11.6 Å². The van der Waals surface area contributed by atoms with E-state index < -0.39 is 11.6 Å². The van der Waals surface area contributed by atoms with Crippen molar-refractivity contribution < 1.29 is 13.2 Å². The highest BCUT2D eigenvalue weighted by atomic mass is 19.1. The molecule has 0 saturated carbocycles. The molecule has 0 bridgehead atoms. The standard InChI is InChI=1S/C11H12F2N4O/c12-8-3-7(4-9(13)5-8)1-2-15-11-17-16-10(6-14)18-11/h3-5H,1-2,6,14H2,(H,15,17). The number of hydrogen-bond acceptors (Lipinski definition) is 5. The number of nitrogens with two attached hydrogens (primary N) is 1. The molecule has 1 aromatic carbocycles. The molecule has 0 aliphatic rings. The lowest BCUT2D eigenvalue weighted by atomic mass is 10.1. The average Bonchev–Trinajstić information content (AvgIpc) is 2.76. The number of nitrogens with one attached hydrogen (secondary N) is 1. The van der Waals surface area contributed by atoms with Gasteiger partial charge in [0.05, 0.1) is 6.54 Å². The molecule has 0 amide bonds. The van der Waals surface area contributed by atoms with Gasteiger partial charge in [-0.15, -0.1) is 5.10 Å². The van der Waals surface area contributed by atoms with Crippen LogP contribution in [0.15, 0.2) is 22.6 Å². The summed E-state index contributed by atoms with van der Waals surface area (Å²) in [5.41, 5.74) is 5.86. The fourth-order valence-corrected chi connectivity index (χ4v) is 1.48. The molecule has 3 N–H and O–H groups in total. The number of anilines is 1. The van der Waals surface area contributed by atoms with Gasteiger partial charge >= 0.3 is 6.01 Å². The number of hydrogen-bond donors (Lipinski definition) is 2. The maximum atomic E-state index is 12.9. The van der Waals surface area contributed by atoms with Crippen LogP contribution < -0.4 is 11.1 Å². The van der Waals surface area contributed by atoms with Gasteiger partial charge in [0.1, 0.15) is 11.6 Å². The second kappa shape index (κ2) is 5.54. The summed E-state index contributed by atoms with van der Waals surface area (Å²) in [7, 11) is 0. The van der Waals surface area contributed by atoms with Crippen molar-refractivity contribution in [2.45, 2.75) is 13.0 Å². The zero-order valence-electron chi connectivity index (χ0n) is 9.49. The SMILES string of the molecule is NCc1nnc(NCCc2cc(F)cc(F)c2)o1. The smallest absolute Gasteiger partial charge is 0.315 e. The van der Waals surface area contributed by atoms with E-state index in [4.69, 9.17) is 10.2 Å². The molecule has 1 aromatic heterocycles. The molecule has 0 unspecified atom stereocenters. The third-order valence-electron chi connectivity index (χ3n) is 2.25. The van der Waals surface area contributed by atoms with Gasteiger partial charge in [-0.05, 0) is 24.1 Å². The molecule has 7 heteroatoms. The van der Waals surface area contributed by atoms with E-state index >= 15 is 0 Å². The first kappa shape index (κ1) is 12.4. The summed E-state index contributed by atoms with van der Waals surface area (Å²) in [6.45, 7) is 0.596. The molecule has 0 atom stereocenters. The van der Waals surface area contributed by atoms with Gasteiger partial charge in [-0.25, -0.2) is 8.78 Å². The maximum Gasteiger partial charge on any atom is 0.315 e. The minimum atomic E-state index is -0.590. The van der Waals surface area contributed by atoms with Gasteiger partial charge in [-0.3, -0.25) is 0 Å². The molecule has 5 nitrogen and oxygen atoms in total. The Kier molecular flexibility index (Phi) is 3.83. The van der Waals surface area contributed by atoms with Gasteiger partial charge in [-0.2, -0.15) is 0 Å². The van der Waals surface area contributed by atoms with E-state index in [1.165, 1.54) is 12.1 Å². The second-order valence-corrected chi connectivity index (χ2v) is 3.66. The van der Waals surface area contributed by atoms with Crippen LogP contribution in [-0.4, -0.2) is 16.7 Å². The van der Waals surface area contributed by atoms with Crippen LogP contribution in [0.4, 0.5) is 14.8 Å². The van der Waals surface area contributed by atoms with Gasteiger partial charge in [-0.1, -0.05) is 5.10 Å². The number of rotatable bonds is 5. The first-order chi connectivity index (χ1) is 8.67. The lowest BCUT2D eigenvalue weighted by Gasteiger charge is -2.02. The molecule has 2 aromatic rings. The van der Waals surface area contributed by atoms with Crippen LogP contribution in [0.2, 0.25) is 0 Å². The van der Waals surface area contributed by atoms with Crippen molar-refractivity contribution >= 4 is 6.01 Å². The first-order valence-corrected chi connectivity index (χ1v) is 5.38. The van der Waals surface area contributed by atoms with E-state index in [2.05, 4.69) is 15.5 Å². The lowest BCUT2D eigenvalue weighted by molar-refractivity contribution is 0.507. The predicted molar refractivity (Wildman–Crippen MR) is 60.7 cm³/mol. The summed E-state index contributed by atoms with van der Waals surface area (Å²) in [5, 5.41) is 10.2. The van der Waals surface area contributed by atoms with Crippen molar-refractivity contribution in [3.05, 3.63) is 41.3 Å². The Bertz CT molecular complexity index is 509. The first-order valence-electron chi connectivity index (χ1n) is 5.38. The Morgan fingerprint density at radius 1 is 1.17 bits per heavy atom. The molecule has 1 heterocycles. The number of aromatic nitrogens is 2. The van der Waals surface area contributed by atoms with Gasteiger partial charge in [0.25, 0.3) is 0 Å². The Hall–Kier alpha value is -2.02.